The first-order valence-electron chi connectivity index (χ1n) is 7.76. The maximum Gasteiger partial charge on any atom is 0.257 e. The predicted octanol–water partition coefficient (Wildman–Crippen LogP) is 3.24. The van der Waals surface area contributed by atoms with E-state index in [0.717, 1.165) is 17.8 Å². The van der Waals surface area contributed by atoms with Crippen LogP contribution in [0.3, 0.4) is 0 Å². The summed E-state index contributed by atoms with van der Waals surface area (Å²) in [6.07, 6.45) is 0.717. The average Bonchev–Trinajstić information content (AvgIpc) is 2.61. The molecule has 5 heteroatoms. The van der Waals surface area contributed by atoms with Crippen molar-refractivity contribution in [2.24, 2.45) is 0 Å². The van der Waals surface area contributed by atoms with Crippen molar-refractivity contribution < 1.29 is 14.3 Å². The van der Waals surface area contributed by atoms with Crippen molar-refractivity contribution in [3.05, 3.63) is 65.2 Å². The molecular formula is C19H21NO3S. The fourth-order valence-corrected chi connectivity index (χ4v) is 2.86. The summed E-state index contributed by atoms with van der Waals surface area (Å²) in [5.74, 6) is 2.01. The molecule has 0 saturated carbocycles. The molecule has 126 valence electrons. The standard InChI is InChI=1S/C19H21NO3S/c1-15-6-8-16(9-7-15)14-24-11-10-20-19(22)13-23-18-5-3-2-4-17(18)12-21/h2-9,12H,10-11,13-14H2,1H3,(H,20,22). The number of hydrogen-bond donors (Lipinski definition) is 1. The largest absolute Gasteiger partial charge is 0.483 e. The van der Waals surface area contributed by atoms with Crippen molar-refractivity contribution in [1.29, 1.82) is 0 Å². The van der Waals surface area contributed by atoms with Crippen LogP contribution >= 0.6 is 11.8 Å². The lowest BCUT2D eigenvalue weighted by molar-refractivity contribution is -0.122. The number of carbonyl (C=O) groups excluding carboxylic acids is 2. The van der Waals surface area contributed by atoms with Gasteiger partial charge in [0.05, 0.1) is 5.56 Å². The van der Waals surface area contributed by atoms with Gasteiger partial charge in [-0.25, -0.2) is 0 Å². The second-order valence-corrected chi connectivity index (χ2v) is 6.44. The van der Waals surface area contributed by atoms with Gasteiger partial charge in [-0.1, -0.05) is 42.0 Å². The van der Waals surface area contributed by atoms with E-state index < -0.39 is 0 Å². The molecule has 24 heavy (non-hydrogen) atoms. The molecule has 1 amide bonds. The third kappa shape index (κ3) is 6.08. The zero-order valence-corrected chi connectivity index (χ0v) is 14.5. The van der Waals surface area contributed by atoms with Crippen LogP contribution in [0.1, 0.15) is 21.5 Å². The van der Waals surface area contributed by atoms with Gasteiger partial charge in [-0.3, -0.25) is 9.59 Å². The first kappa shape index (κ1) is 18.1. The highest BCUT2D eigenvalue weighted by atomic mass is 32.2. The smallest absolute Gasteiger partial charge is 0.257 e. The van der Waals surface area contributed by atoms with Crippen LogP contribution < -0.4 is 10.1 Å². The number of aryl methyl sites for hydroxylation is 1. The quantitative estimate of drug-likeness (QED) is 0.561. The molecule has 0 aliphatic carbocycles. The Bertz CT molecular complexity index is 671. The van der Waals surface area contributed by atoms with Gasteiger partial charge in [0.15, 0.2) is 12.9 Å². The normalized spacial score (nSPS) is 10.2. The molecule has 0 radical (unpaired) electrons. The van der Waals surface area contributed by atoms with Gasteiger partial charge in [0.2, 0.25) is 0 Å². The van der Waals surface area contributed by atoms with Crippen molar-refractivity contribution in [3.8, 4) is 5.75 Å². The summed E-state index contributed by atoms with van der Waals surface area (Å²) >= 11 is 1.77. The minimum absolute atomic E-state index is 0.0898. The van der Waals surface area contributed by atoms with Crippen LogP contribution in [0.15, 0.2) is 48.5 Å². The van der Waals surface area contributed by atoms with Gasteiger partial charge in [-0.2, -0.15) is 11.8 Å². The highest BCUT2D eigenvalue weighted by molar-refractivity contribution is 7.98. The Hall–Kier alpha value is -2.27. The lowest BCUT2D eigenvalue weighted by Crippen LogP contribution is -2.30. The van der Waals surface area contributed by atoms with Gasteiger partial charge in [-0.05, 0) is 24.6 Å². The Morgan fingerprint density at radius 3 is 2.67 bits per heavy atom. The number of nitrogens with one attached hydrogen (secondary N) is 1. The first-order chi connectivity index (χ1) is 11.7. The third-order valence-electron chi connectivity index (χ3n) is 3.36. The van der Waals surface area contributed by atoms with E-state index in [-0.39, 0.29) is 12.5 Å². The number of thioether (sulfide) groups is 1. The van der Waals surface area contributed by atoms with Crippen LogP contribution in [-0.4, -0.2) is 31.1 Å². The minimum Gasteiger partial charge on any atom is -0.483 e. The Kier molecular flexibility index (Phi) is 7.36. The molecular weight excluding hydrogens is 322 g/mol. The molecule has 0 aromatic heterocycles. The molecule has 0 atom stereocenters. The van der Waals surface area contributed by atoms with Gasteiger partial charge < -0.3 is 10.1 Å². The molecule has 0 aliphatic rings. The summed E-state index contributed by atoms with van der Waals surface area (Å²) in [7, 11) is 0. The zero-order chi connectivity index (χ0) is 17.2. The van der Waals surface area contributed by atoms with Crippen LogP contribution in [0.2, 0.25) is 0 Å². The number of benzene rings is 2. The van der Waals surface area contributed by atoms with Crippen molar-refractivity contribution in [2.45, 2.75) is 12.7 Å². The highest BCUT2D eigenvalue weighted by Gasteiger charge is 2.05. The van der Waals surface area contributed by atoms with Crippen molar-refractivity contribution in [3.63, 3.8) is 0 Å². The van der Waals surface area contributed by atoms with Crippen LogP contribution in [0.4, 0.5) is 0 Å². The van der Waals surface area contributed by atoms with Crippen molar-refractivity contribution in [1.82, 2.24) is 5.32 Å². The minimum atomic E-state index is -0.188. The third-order valence-corrected chi connectivity index (χ3v) is 4.39. The second-order valence-electron chi connectivity index (χ2n) is 5.33. The summed E-state index contributed by atoms with van der Waals surface area (Å²) in [5.41, 5.74) is 2.98. The van der Waals surface area contributed by atoms with Gasteiger partial charge in [0, 0.05) is 18.1 Å². The van der Waals surface area contributed by atoms with Gasteiger partial charge in [0.25, 0.3) is 5.91 Å². The number of amides is 1. The molecule has 0 spiro atoms. The summed E-state index contributed by atoms with van der Waals surface area (Å²) in [6, 6.07) is 15.3. The van der Waals surface area contributed by atoms with E-state index in [9.17, 15) is 9.59 Å². The molecule has 2 aromatic carbocycles. The molecule has 0 unspecified atom stereocenters. The monoisotopic (exact) mass is 343 g/mol. The van der Waals surface area contributed by atoms with E-state index in [0.29, 0.717) is 17.9 Å². The molecule has 0 aliphatic heterocycles. The number of hydrogen-bond acceptors (Lipinski definition) is 4. The van der Waals surface area contributed by atoms with Gasteiger partial charge in [0.1, 0.15) is 5.75 Å². The summed E-state index contributed by atoms with van der Waals surface area (Å²) < 4.78 is 5.38. The van der Waals surface area contributed by atoms with E-state index in [1.807, 2.05) is 0 Å². The summed E-state index contributed by atoms with van der Waals surface area (Å²) in [4.78, 5) is 22.6. The maximum atomic E-state index is 11.8. The molecule has 4 nitrogen and oxygen atoms in total. The van der Waals surface area contributed by atoms with Crippen molar-refractivity contribution in [2.75, 3.05) is 18.9 Å². The Balaban J connectivity index is 1.61. The molecule has 2 aromatic rings. The highest BCUT2D eigenvalue weighted by Crippen LogP contribution is 2.15. The second kappa shape index (κ2) is 9.78. The fourth-order valence-electron chi connectivity index (χ4n) is 2.04. The topological polar surface area (TPSA) is 55.4 Å². The lowest BCUT2D eigenvalue weighted by Gasteiger charge is -2.09. The van der Waals surface area contributed by atoms with E-state index in [1.165, 1.54) is 11.1 Å². The van der Waals surface area contributed by atoms with Crippen LogP contribution in [0.25, 0.3) is 0 Å². The molecule has 0 fully saturated rings. The number of para-hydroxylation sites is 1. The van der Waals surface area contributed by atoms with Gasteiger partial charge in [-0.15, -0.1) is 0 Å². The first-order valence-corrected chi connectivity index (χ1v) is 8.91. The number of carbonyl (C=O) groups is 2. The van der Waals surface area contributed by atoms with Crippen LogP contribution in [-0.2, 0) is 10.5 Å². The van der Waals surface area contributed by atoms with Crippen LogP contribution in [0, 0.1) is 6.92 Å². The molecule has 0 heterocycles. The zero-order valence-electron chi connectivity index (χ0n) is 13.7. The Labute approximate surface area is 146 Å². The van der Waals surface area contributed by atoms with Gasteiger partial charge >= 0.3 is 0 Å². The van der Waals surface area contributed by atoms with Crippen LogP contribution in [0.5, 0.6) is 5.75 Å². The number of ether oxygens (including phenoxy) is 1. The summed E-state index contributed by atoms with van der Waals surface area (Å²) in [5, 5.41) is 2.81. The molecule has 1 N–H and O–H groups in total. The fraction of sp³-hybridized carbons (Fsp3) is 0.263. The SMILES string of the molecule is Cc1ccc(CSCCNC(=O)COc2ccccc2C=O)cc1. The molecule has 0 bridgehead atoms. The Morgan fingerprint density at radius 1 is 1.17 bits per heavy atom. The molecule has 0 saturated heterocycles. The average molecular weight is 343 g/mol. The summed E-state index contributed by atoms with van der Waals surface area (Å²) in [6.45, 7) is 2.57. The van der Waals surface area contributed by atoms with E-state index in [1.54, 1.807) is 36.0 Å². The Morgan fingerprint density at radius 2 is 1.92 bits per heavy atom. The van der Waals surface area contributed by atoms with E-state index in [4.69, 9.17) is 4.74 Å². The molecule has 2 rings (SSSR count). The number of aldehydes is 1. The maximum absolute atomic E-state index is 11.8. The lowest BCUT2D eigenvalue weighted by atomic mass is 10.2. The number of rotatable bonds is 9. The van der Waals surface area contributed by atoms with E-state index >= 15 is 0 Å². The van der Waals surface area contributed by atoms with E-state index in [2.05, 4.69) is 36.5 Å². The van der Waals surface area contributed by atoms with Crippen molar-refractivity contribution >= 4 is 24.0 Å². The predicted molar refractivity (Wildman–Crippen MR) is 97.7 cm³/mol.